The van der Waals surface area contributed by atoms with Crippen molar-refractivity contribution < 1.29 is 26.4 Å². The number of primary sulfonamides is 1. The van der Waals surface area contributed by atoms with Crippen molar-refractivity contribution in [2.24, 2.45) is 11.1 Å². The first-order chi connectivity index (χ1) is 16.4. The van der Waals surface area contributed by atoms with Gasteiger partial charge in [0.25, 0.3) is 0 Å². The summed E-state index contributed by atoms with van der Waals surface area (Å²) in [5.74, 6) is -0.696. The average molecular weight is 536 g/mol. The van der Waals surface area contributed by atoms with Gasteiger partial charge in [0, 0.05) is 24.8 Å². The highest BCUT2D eigenvalue weighted by atomic mass is 32.2. The number of amides is 1. The highest BCUT2D eigenvalue weighted by Crippen LogP contribution is 2.35. The summed E-state index contributed by atoms with van der Waals surface area (Å²) < 4.78 is 47.7. The van der Waals surface area contributed by atoms with Crippen LogP contribution in [0.15, 0.2) is 42.5 Å². The zero-order chi connectivity index (χ0) is 25.4. The van der Waals surface area contributed by atoms with E-state index in [0.29, 0.717) is 28.1 Å². The third-order valence-electron chi connectivity index (χ3n) is 5.69. The fraction of sp³-hybridized carbons (Fsp3) is 0.348. The molecule has 1 heterocycles. The Bertz CT molecular complexity index is 1490. The molecule has 1 unspecified atom stereocenters. The van der Waals surface area contributed by atoms with E-state index < -0.39 is 36.8 Å². The fourth-order valence-corrected chi connectivity index (χ4v) is 6.62. The van der Waals surface area contributed by atoms with Crippen molar-refractivity contribution in [1.29, 1.82) is 0 Å². The minimum absolute atomic E-state index is 0.0915. The van der Waals surface area contributed by atoms with E-state index in [2.05, 4.69) is 10.3 Å². The molecule has 3 aromatic rings. The lowest BCUT2D eigenvalue weighted by Crippen LogP contribution is -2.37. The Kier molecular flexibility index (Phi) is 7.09. The average Bonchev–Trinajstić information content (AvgIpc) is 3.48. The predicted octanol–water partition coefficient (Wildman–Crippen LogP) is 2.44. The quantitative estimate of drug-likeness (QED) is 0.378. The van der Waals surface area contributed by atoms with E-state index in [9.17, 15) is 26.4 Å². The third kappa shape index (κ3) is 6.51. The molecule has 1 aliphatic carbocycles. The minimum atomic E-state index is -3.89. The number of aromatic nitrogens is 1. The van der Waals surface area contributed by atoms with Crippen molar-refractivity contribution in [2.45, 2.75) is 24.5 Å². The van der Waals surface area contributed by atoms with E-state index in [-0.39, 0.29) is 17.3 Å². The van der Waals surface area contributed by atoms with Crippen LogP contribution in [0.25, 0.3) is 21.3 Å². The number of rotatable bonds is 10. The van der Waals surface area contributed by atoms with E-state index in [1.54, 1.807) is 6.07 Å². The highest BCUT2D eigenvalue weighted by Gasteiger charge is 2.34. The number of hydrogen-bond acceptors (Lipinski definition) is 8. The molecule has 1 aliphatic rings. The molecule has 0 bridgehead atoms. The van der Waals surface area contributed by atoms with Crippen molar-refractivity contribution in [3.63, 3.8) is 0 Å². The van der Waals surface area contributed by atoms with Gasteiger partial charge in [-0.25, -0.2) is 27.0 Å². The van der Waals surface area contributed by atoms with Gasteiger partial charge >= 0.3 is 0 Å². The normalized spacial score (nSPS) is 15.1. The Morgan fingerprint density at radius 1 is 1.09 bits per heavy atom. The molecule has 1 aromatic heterocycles. The SMILES string of the molecule is CS(=O)(=O)C(C(=O)NCCS(N)(=O)=O)c1nc2ccc(-c3ccc(C(=O)CC4CC4)cc3)cc2s1. The van der Waals surface area contributed by atoms with E-state index in [4.69, 9.17) is 5.14 Å². The number of fused-ring (bicyclic) bond motifs is 1. The summed E-state index contributed by atoms with van der Waals surface area (Å²) in [5, 5.41) is 5.77. The van der Waals surface area contributed by atoms with Gasteiger partial charge in [-0.15, -0.1) is 11.3 Å². The molecule has 0 aliphatic heterocycles. The predicted molar refractivity (Wildman–Crippen MR) is 135 cm³/mol. The summed E-state index contributed by atoms with van der Waals surface area (Å²) in [6.07, 6.45) is 3.77. The zero-order valence-corrected chi connectivity index (χ0v) is 21.4. The van der Waals surface area contributed by atoms with Crippen LogP contribution in [0, 0.1) is 5.92 Å². The lowest BCUT2D eigenvalue weighted by molar-refractivity contribution is -0.120. The Morgan fingerprint density at radius 2 is 1.74 bits per heavy atom. The topological polar surface area (TPSA) is 153 Å². The van der Waals surface area contributed by atoms with E-state index in [1.165, 1.54) is 0 Å². The summed E-state index contributed by atoms with van der Waals surface area (Å²) in [6, 6.07) is 12.8. The molecular formula is C23H25N3O6S3. The molecule has 0 spiro atoms. The van der Waals surface area contributed by atoms with Crippen LogP contribution in [0.3, 0.4) is 0 Å². The summed E-state index contributed by atoms with van der Waals surface area (Å²) in [7, 11) is -7.69. The van der Waals surface area contributed by atoms with Gasteiger partial charge in [0.2, 0.25) is 15.9 Å². The molecule has 2 aromatic carbocycles. The molecule has 35 heavy (non-hydrogen) atoms. The number of sulfonamides is 1. The van der Waals surface area contributed by atoms with Gasteiger partial charge < -0.3 is 5.32 Å². The first kappa shape index (κ1) is 25.4. The number of thiazole rings is 1. The molecule has 4 rings (SSSR count). The third-order valence-corrected chi connectivity index (χ3v) is 8.99. The van der Waals surface area contributed by atoms with Gasteiger partial charge in [0.15, 0.2) is 20.9 Å². The highest BCUT2D eigenvalue weighted by molar-refractivity contribution is 7.91. The molecule has 1 fully saturated rings. The van der Waals surface area contributed by atoms with Crippen LogP contribution in [0.4, 0.5) is 0 Å². The molecule has 186 valence electrons. The number of hydrogen-bond donors (Lipinski definition) is 2. The maximum Gasteiger partial charge on any atom is 0.245 e. The van der Waals surface area contributed by atoms with Crippen molar-refractivity contribution in [2.75, 3.05) is 18.6 Å². The van der Waals surface area contributed by atoms with Gasteiger partial charge in [-0.05, 0) is 42.0 Å². The molecule has 1 saturated carbocycles. The van der Waals surface area contributed by atoms with E-state index >= 15 is 0 Å². The summed E-state index contributed by atoms with van der Waals surface area (Å²) in [6.45, 7) is -0.308. The number of ketones is 1. The Hall–Kier alpha value is -2.67. The number of benzene rings is 2. The van der Waals surface area contributed by atoms with Crippen LogP contribution < -0.4 is 10.5 Å². The number of carbonyl (C=O) groups is 2. The minimum Gasteiger partial charge on any atom is -0.354 e. The lowest BCUT2D eigenvalue weighted by Gasteiger charge is -2.12. The largest absolute Gasteiger partial charge is 0.354 e. The van der Waals surface area contributed by atoms with Crippen LogP contribution in [0.1, 0.15) is 39.9 Å². The first-order valence-corrected chi connectivity index (χ1v) is 15.4. The number of carbonyl (C=O) groups excluding carboxylic acids is 2. The molecule has 3 N–H and O–H groups in total. The molecular weight excluding hydrogens is 510 g/mol. The summed E-state index contributed by atoms with van der Waals surface area (Å²) in [4.78, 5) is 29.3. The van der Waals surface area contributed by atoms with Gasteiger partial charge in [0.1, 0.15) is 5.01 Å². The lowest BCUT2D eigenvalue weighted by atomic mass is 10.0. The van der Waals surface area contributed by atoms with Crippen molar-refractivity contribution in [3.05, 3.63) is 53.0 Å². The monoisotopic (exact) mass is 535 g/mol. The van der Waals surface area contributed by atoms with Gasteiger partial charge in [-0.3, -0.25) is 9.59 Å². The summed E-state index contributed by atoms with van der Waals surface area (Å²) in [5.41, 5.74) is 2.98. The van der Waals surface area contributed by atoms with Crippen LogP contribution >= 0.6 is 11.3 Å². The molecule has 9 nitrogen and oxygen atoms in total. The van der Waals surface area contributed by atoms with Crippen molar-refractivity contribution in [1.82, 2.24) is 10.3 Å². The standard InChI is InChI=1S/C23H25N3O6S3/c1-34(29,30)21(22(28)25-10-11-35(24,31)32)23-26-18-9-8-17(13-20(18)33-23)15-4-6-16(7-5-15)19(27)12-14-2-3-14/h4-9,13-14,21H,2-3,10-12H2,1H3,(H,25,28)(H2,24,31,32). The Labute approximate surface area is 207 Å². The number of nitrogens with one attached hydrogen (secondary N) is 1. The van der Waals surface area contributed by atoms with Gasteiger partial charge in [-0.2, -0.15) is 0 Å². The molecule has 12 heteroatoms. The first-order valence-electron chi connectivity index (χ1n) is 10.9. The van der Waals surface area contributed by atoms with E-state index in [0.717, 1.165) is 41.6 Å². The van der Waals surface area contributed by atoms with Crippen LogP contribution in [0.2, 0.25) is 0 Å². The summed E-state index contributed by atoms with van der Waals surface area (Å²) >= 11 is 1.08. The smallest absolute Gasteiger partial charge is 0.245 e. The number of nitrogens with two attached hydrogens (primary N) is 1. The second-order valence-corrected chi connectivity index (χ2v) is 13.7. The van der Waals surface area contributed by atoms with Crippen LogP contribution in [-0.4, -0.2) is 52.1 Å². The molecule has 1 amide bonds. The molecule has 0 saturated heterocycles. The van der Waals surface area contributed by atoms with E-state index in [1.807, 2.05) is 36.4 Å². The number of Topliss-reactive ketones (excluding diaryl/α,β-unsaturated/α-hetero) is 1. The van der Waals surface area contributed by atoms with Gasteiger partial charge in [-0.1, -0.05) is 30.3 Å². The maximum atomic E-state index is 12.6. The zero-order valence-electron chi connectivity index (χ0n) is 18.9. The Balaban J connectivity index is 1.56. The fourth-order valence-electron chi connectivity index (χ4n) is 3.68. The van der Waals surface area contributed by atoms with Crippen LogP contribution in [0.5, 0.6) is 0 Å². The number of nitrogens with zero attached hydrogens (tertiary/aromatic N) is 1. The van der Waals surface area contributed by atoms with Crippen molar-refractivity contribution >= 4 is 53.1 Å². The Morgan fingerprint density at radius 3 is 2.34 bits per heavy atom. The van der Waals surface area contributed by atoms with Gasteiger partial charge in [0.05, 0.1) is 16.0 Å². The second-order valence-electron chi connectivity index (χ2n) is 8.75. The van der Waals surface area contributed by atoms with Crippen LogP contribution in [-0.2, 0) is 24.7 Å². The van der Waals surface area contributed by atoms with Crippen molar-refractivity contribution in [3.8, 4) is 11.1 Å². The molecule has 0 radical (unpaired) electrons. The molecule has 1 atom stereocenters. The second kappa shape index (κ2) is 9.76. The number of sulfone groups is 1. The maximum absolute atomic E-state index is 12.6.